The molecule has 0 bridgehead atoms. The van der Waals surface area contributed by atoms with Gasteiger partial charge >= 0.3 is 29.6 Å². The molecule has 0 amide bonds. The minimum atomic E-state index is -4.18. The zero-order chi connectivity index (χ0) is 15.4. The molecule has 1 N–H and O–H groups in total. The van der Waals surface area contributed by atoms with Crippen molar-refractivity contribution < 1.29 is 47.6 Å². The Morgan fingerprint density at radius 2 is 1.43 bits per heavy atom. The van der Waals surface area contributed by atoms with Crippen LogP contribution in [0.25, 0.3) is 0 Å². The van der Waals surface area contributed by atoms with Crippen LogP contribution in [0.1, 0.15) is 84.5 Å². The summed E-state index contributed by atoms with van der Waals surface area (Å²) in [4.78, 5) is 0. The van der Waals surface area contributed by atoms with Gasteiger partial charge in [0.1, 0.15) is 0 Å². The molecule has 0 aromatic carbocycles. The number of aliphatic hydroxyl groups is 1. The molecule has 0 saturated carbocycles. The minimum Gasteiger partial charge on any atom is -0.748 e. The van der Waals surface area contributed by atoms with Gasteiger partial charge in [0.25, 0.3) is 0 Å². The fourth-order valence-corrected chi connectivity index (χ4v) is 3.44. The standard InChI is InChI=1S/C15H32O4S.Na/c1-3-5-6-7-8-11-14(16)12-9-13-15(10-4-2)20(17,18)19;/h14-16H,3-13H2,1-2H3,(H,17,18,19);/q;+1/p-1. The summed E-state index contributed by atoms with van der Waals surface area (Å²) in [6, 6.07) is 0. The minimum absolute atomic E-state index is 0. The second kappa shape index (κ2) is 14.5. The van der Waals surface area contributed by atoms with Crippen LogP contribution in [0.5, 0.6) is 0 Å². The van der Waals surface area contributed by atoms with Gasteiger partial charge < -0.3 is 9.66 Å². The van der Waals surface area contributed by atoms with Crippen molar-refractivity contribution in [1.82, 2.24) is 0 Å². The topological polar surface area (TPSA) is 77.4 Å². The number of rotatable bonds is 13. The van der Waals surface area contributed by atoms with E-state index in [1.807, 2.05) is 6.92 Å². The van der Waals surface area contributed by atoms with Crippen molar-refractivity contribution in [2.24, 2.45) is 0 Å². The Kier molecular flexibility index (Phi) is 16.6. The molecule has 0 spiro atoms. The van der Waals surface area contributed by atoms with Gasteiger partial charge in [0, 0.05) is 5.25 Å². The Hall–Kier alpha value is 0.870. The molecular formula is C15H31NaO4S. The monoisotopic (exact) mass is 330 g/mol. The van der Waals surface area contributed by atoms with Gasteiger partial charge in [-0.15, -0.1) is 0 Å². The van der Waals surface area contributed by atoms with Gasteiger partial charge in [-0.05, 0) is 32.1 Å². The third-order valence-corrected chi connectivity index (χ3v) is 5.01. The van der Waals surface area contributed by atoms with Crippen LogP contribution in [0.4, 0.5) is 0 Å². The Morgan fingerprint density at radius 3 is 1.95 bits per heavy atom. The van der Waals surface area contributed by atoms with Crippen molar-refractivity contribution in [1.29, 1.82) is 0 Å². The Labute approximate surface area is 153 Å². The fraction of sp³-hybridized carbons (Fsp3) is 1.00. The first kappa shape index (κ1) is 24.1. The van der Waals surface area contributed by atoms with E-state index in [1.165, 1.54) is 19.3 Å². The molecule has 6 heteroatoms. The van der Waals surface area contributed by atoms with Crippen molar-refractivity contribution in [3.63, 3.8) is 0 Å². The van der Waals surface area contributed by atoms with E-state index in [4.69, 9.17) is 0 Å². The molecule has 0 aliphatic heterocycles. The molecule has 0 radical (unpaired) electrons. The summed E-state index contributed by atoms with van der Waals surface area (Å²) < 4.78 is 33.2. The van der Waals surface area contributed by atoms with Crippen LogP contribution in [0.15, 0.2) is 0 Å². The van der Waals surface area contributed by atoms with E-state index in [9.17, 15) is 18.1 Å². The van der Waals surface area contributed by atoms with Crippen molar-refractivity contribution in [2.45, 2.75) is 95.8 Å². The van der Waals surface area contributed by atoms with Crippen molar-refractivity contribution in [3.05, 3.63) is 0 Å². The number of hydrogen-bond acceptors (Lipinski definition) is 4. The first-order valence-corrected chi connectivity index (χ1v) is 9.51. The maximum atomic E-state index is 11.1. The van der Waals surface area contributed by atoms with E-state index in [-0.39, 0.29) is 35.7 Å². The van der Waals surface area contributed by atoms with Crippen LogP contribution in [0, 0.1) is 0 Å². The average molecular weight is 330 g/mol. The summed E-state index contributed by atoms with van der Waals surface area (Å²) in [7, 11) is -4.18. The van der Waals surface area contributed by atoms with Crippen LogP contribution < -0.4 is 29.6 Å². The van der Waals surface area contributed by atoms with E-state index in [0.717, 1.165) is 19.3 Å². The molecule has 0 rings (SSSR count). The third-order valence-electron chi connectivity index (χ3n) is 3.72. The quantitative estimate of drug-likeness (QED) is 0.305. The summed E-state index contributed by atoms with van der Waals surface area (Å²) in [6.45, 7) is 4.05. The second-order valence-electron chi connectivity index (χ2n) is 5.69. The van der Waals surface area contributed by atoms with Crippen LogP contribution in [0.3, 0.4) is 0 Å². The normalized spacial score (nSPS) is 14.5. The smallest absolute Gasteiger partial charge is 0.748 e. The van der Waals surface area contributed by atoms with Crippen molar-refractivity contribution in [3.8, 4) is 0 Å². The predicted octanol–water partition coefficient (Wildman–Crippen LogP) is 0.596. The molecule has 21 heavy (non-hydrogen) atoms. The van der Waals surface area contributed by atoms with Gasteiger partial charge in [0.2, 0.25) is 0 Å². The first-order valence-electron chi connectivity index (χ1n) is 8.04. The zero-order valence-electron chi connectivity index (χ0n) is 14.0. The summed E-state index contributed by atoms with van der Waals surface area (Å²) in [6.07, 6.45) is 9.01. The SMILES string of the molecule is CCCCCCCC(O)CCCC(CCC)S(=O)(=O)[O-].[Na+]. The van der Waals surface area contributed by atoms with Gasteiger partial charge in [-0.3, -0.25) is 0 Å². The molecule has 2 unspecified atom stereocenters. The van der Waals surface area contributed by atoms with E-state index >= 15 is 0 Å². The molecular weight excluding hydrogens is 299 g/mol. The van der Waals surface area contributed by atoms with E-state index < -0.39 is 15.4 Å². The van der Waals surface area contributed by atoms with Gasteiger partial charge in [-0.1, -0.05) is 52.4 Å². The molecule has 0 aliphatic rings. The molecule has 2 atom stereocenters. The fourth-order valence-electron chi connectivity index (χ4n) is 2.46. The summed E-state index contributed by atoms with van der Waals surface area (Å²) >= 11 is 0. The predicted molar refractivity (Wildman–Crippen MR) is 81.6 cm³/mol. The molecule has 0 aliphatic carbocycles. The van der Waals surface area contributed by atoms with Gasteiger partial charge in [-0.25, -0.2) is 8.42 Å². The maximum Gasteiger partial charge on any atom is 1.00 e. The first-order chi connectivity index (χ1) is 9.41. The van der Waals surface area contributed by atoms with Crippen molar-refractivity contribution in [2.75, 3.05) is 0 Å². The summed E-state index contributed by atoms with van der Waals surface area (Å²) in [5, 5.41) is 9.05. The largest absolute Gasteiger partial charge is 1.00 e. The third kappa shape index (κ3) is 14.2. The molecule has 0 saturated heterocycles. The molecule has 0 aromatic rings. The van der Waals surface area contributed by atoms with Gasteiger partial charge in [0.05, 0.1) is 16.2 Å². The molecule has 122 valence electrons. The van der Waals surface area contributed by atoms with Crippen LogP contribution in [-0.2, 0) is 10.1 Å². The van der Waals surface area contributed by atoms with Gasteiger partial charge in [-0.2, -0.15) is 0 Å². The Morgan fingerprint density at radius 1 is 0.857 bits per heavy atom. The number of aliphatic hydroxyl groups excluding tert-OH is 1. The summed E-state index contributed by atoms with van der Waals surface area (Å²) in [5.74, 6) is 0. The van der Waals surface area contributed by atoms with Crippen LogP contribution in [0.2, 0.25) is 0 Å². The Bertz CT molecular complexity index is 320. The van der Waals surface area contributed by atoms with E-state index in [2.05, 4.69) is 6.92 Å². The van der Waals surface area contributed by atoms with Crippen LogP contribution in [-0.4, -0.2) is 29.4 Å². The molecule has 0 heterocycles. The zero-order valence-corrected chi connectivity index (χ0v) is 16.8. The number of unbranched alkanes of at least 4 members (excludes halogenated alkanes) is 4. The molecule has 4 nitrogen and oxygen atoms in total. The van der Waals surface area contributed by atoms with E-state index in [1.54, 1.807) is 0 Å². The summed E-state index contributed by atoms with van der Waals surface area (Å²) in [5.41, 5.74) is 0. The Balaban J connectivity index is 0. The maximum absolute atomic E-state index is 11.1. The molecule has 0 aromatic heterocycles. The van der Waals surface area contributed by atoms with Crippen LogP contribution >= 0.6 is 0 Å². The number of hydrogen-bond donors (Lipinski definition) is 1. The second-order valence-corrected chi connectivity index (χ2v) is 7.34. The average Bonchev–Trinajstić information content (AvgIpc) is 2.36. The van der Waals surface area contributed by atoms with E-state index in [0.29, 0.717) is 32.1 Å². The van der Waals surface area contributed by atoms with Gasteiger partial charge in [0.15, 0.2) is 0 Å². The molecule has 0 fully saturated rings. The van der Waals surface area contributed by atoms with Crippen molar-refractivity contribution >= 4 is 10.1 Å².